The second-order valence-electron chi connectivity index (χ2n) is 16.5. The molecule has 3 aliphatic heterocycles. The van der Waals surface area contributed by atoms with Gasteiger partial charge in [0.2, 0.25) is 0 Å². The zero-order valence-electron chi connectivity index (χ0n) is 37.5. The van der Waals surface area contributed by atoms with Crippen LogP contribution >= 0.6 is 0 Å². The highest BCUT2D eigenvalue weighted by Crippen LogP contribution is 2.32. The number of ketones is 1. The van der Waals surface area contributed by atoms with Crippen LogP contribution in [0.15, 0.2) is 164 Å². The summed E-state index contributed by atoms with van der Waals surface area (Å²) < 4.78 is 69.6. The monoisotopic (exact) mass is 914 g/mol. The molecule has 5 aromatic carbocycles. The number of carbonyl (C=O) groups is 2. The molecule has 13 nitrogen and oxygen atoms in total. The van der Waals surface area contributed by atoms with Gasteiger partial charge in [-0.3, -0.25) is 4.79 Å². The van der Waals surface area contributed by atoms with E-state index in [-0.39, 0.29) is 44.9 Å². The van der Waals surface area contributed by atoms with Crippen LogP contribution in [0.25, 0.3) is 0 Å². The molecule has 3 aliphatic rings. The number of hydrogen-bond acceptors (Lipinski definition) is 13. The molecule has 0 saturated carbocycles. The lowest BCUT2D eigenvalue weighted by Gasteiger charge is -2.45. The first-order valence-electron chi connectivity index (χ1n) is 22.8. The first kappa shape index (κ1) is 48.1. The summed E-state index contributed by atoms with van der Waals surface area (Å²) in [7, 11) is 1.57. The molecule has 5 aromatic rings. The van der Waals surface area contributed by atoms with Gasteiger partial charge in [-0.25, -0.2) is 4.79 Å². The minimum Gasteiger partial charge on any atom is -0.459 e. The molecule has 3 heterocycles. The molecular weight excluding hydrogens is 857 g/mol. The van der Waals surface area contributed by atoms with E-state index >= 15 is 0 Å². The highest BCUT2D eigenvalue weighted by molar-refractivity contribution is 5.94. The number of benzene rings is 5. The van der Waals surface area contributed by atoms with E-state index < -0.39 is 61.5 Å². The fourth-order valence-corrected chi connectivity index (χ4v) is 8.11. The van der Waals surface area contributed by atoms with E-state index in [0.29, 0.717) is 31.6 Å². The molecule has 0 N–H and O–H groups in total. The Morgan fingerprint density at radius 1 is 0.522 bits per heavy atom. The molecule has 8 rings (SSSR count). The number of hydrogen-bond donors (Lipinski definition) is 0. The van der Waals surface area contributed by atoms with Crippen molar-refractivity contribution in [2.75, 3.05) is 26.9 Å². The average Bonchev–Trinajstić information content (AvgIpc) is 3.38. The minimum absolute atomic E-state index is 0.00776. The van der Waals surface area contributed by atoms with Crippen molar-refractivity contribution in [1.82, 2.24) is 0 Å². The zero-order valence-corrected chi connectivity index (χ0v) is 37.5. The maximum atomic E-state index is 13.2. The smallest absolute Gasteiger partial charge is 0.338 e. The third-order valence-corrected chi connectivity index (χ3v) is 11.7. The van der Waals surface area contributed by atoms with Crippen molar-refractivity contribution < 1.29 is 61.7 Å². The Balaban J connectivity index is 0.915. The molecule has 2 fully saturated rings. The van der Waals surface area contributed by atoms with Gasteiger partial charge in [-0.2, -0.15) is 0 Å². The molecule has 13 heteroatoms. The Kier molecular flexibility index (Phi) is 18.0. The van der Waals surface area contributed by atoms with Crippen molar-refractivity contribution in [1.29, 1.82) is 0 Å². The Labute approximate surface area is 391 Å². The standard InChI is InChI=1S/C54H58O13/c1-57-54-52(63-34-41-23-13-5-14-24-41)51(62-33-40-21-11-4-12-22-40)50(61-32-39-19-9-3-10-20-39)47(67-54)37-60-48-29-27-43(55)45(65-48)35-59-49-30-28-44(58-31-38-17-7-2-8-18-38)46(66-49)36-64-53(56)42-25-15-6-16-26-42/h2-27,29,44-52,54H,28,30-37H2,1H3/t44-,45+,46+,47+,48-,49-,50+,51-,52+,54-/m0/s1. The Hall–Kier alpha value is -5.42. The van der Waals surface area contributed by atoms with Gasteiger partial charge >= 0.3 is 5.97 Å². The van der Waals surface area contributed by atoms with E-state index in [1.54, 1.807) is 37.5 Å². The summed E-state index contributed by atoms with van der Waals surface area (Å²) in [4.78, 5) is 26.1. The topological polar surface area (TPSA) is 136 Å². The van der Waals surface area contributed by atoms with E-state index in [1.807, 2.05) is 127 Å². The van der Waals surface area contributed by atoms with Crippen molar-refractivity contribution in [2.24, 2.45) is 0 Å². The Morgan fingerprint density at radius 2 is 1.04 bits per heavy atom. The van der Waals surface area contributed by atoms with Gasteiger partial charge in [-0.15, -0.1) is 0 Å². The van der Waals surface area contributed by atoms with Crippen molar-refractivity contribution >= 4 is 11.8 Å². The normalized spacial score (nSPS) is 26.3. The summed E-state index contributed by atoms with van der Waals surface area (Å²) >= 11 is 0. The number of rotatable bonds is 22. The van der Waals surface area contributed by atoms with Crippen LogP contribution in [0.2, 0.25) is 0 Å². The highest BCUT2D eigenvalue weighted by atomic mass is 16.7. The Bertz CT molecular complexity index is 2250. The van der Waals surface area contributed by atoms with Crippen LogP contribution in [0.3, 0.4) is 0 Å². The first-order valence-corrected chi connectivity index (χ1v) is 22.8. The van der Waals surface area contributed by atoms with Crippen molar-refractivity contribution in [3.05, 3.63) is 192 Å². The first-order chi connectivity index (χ1) is 33.0. The summed E-state index contributed by atoms with van der Waals surface area (Å²) in [5, 5.41) is 0. The SMILES string of the molecule is CO[C@H]1O[C@H](CO[C@@H]2C=CC(=O)[C@@H](CO[C@@H]3CC[C@H](OCc4ccccc4)[C@@H](COC(=O)c4ccccc4)O3)O2)[C@@H](OCc2ccccc2)[C@H](OCc2ccccc2)[C@H]1OCc1ccccc1. The molecule has 0 bridgehead atoms. The van der Waals surface area contributed by atoms with E-state index in [0.717, 1.165) is 22.3 Å². The van der Waals surface area contributed by atoms with Crippen LogP contribution < -0.4 is 0 Å². The number of carbonyl (C=O) groups excluding carboxylic acids is 2. The molecule has 0 amide bonds. The highest BCUT2D eigenvalue weighted by Gasteiger charge is 2.49. The molecule has 352 valence electrons. The predicted octanol–water partition coefficient (Wildman–Crippen LogP) is 7.94. The summed E-state index contributed by atoms with van der Waals surface area (Å²) in [5.41, 5.74) is 4.38. The predicted molar refractivity (Wildman–Crippen MR) is 245 cm³/mol. The van der Waals surface area contributed by atoms with Gasteiger partial charge in [0.1, 0.15) is 43.2 Å². The zero-order chi connectivity index (χ0) is 46.0. The summed E-state index contributed by atoms with van der Waals surface area (Å²) in [5.74, 6) is -0.747. The molecular formula is C54H58O13. The fourth-order valence-electron chi connectivity index (χ4n) is 8.11. The van der Waals surface area contributed by atoms with Gasteiger partial charge in [0.25, 0.3) is 0 Å². The maximum absolute atomic E-state index is 13.2. The molecule has 0 aromatic heterocycles. The van der Waals surface area contributed by atoms with Crippen molar-refractivity contribution in [3.63, 3.8) is 0 Å². The van der Waals surface area contributed by atoms with Gasteiger partial charge < -0.3 is 52.1 Å². The molecule has 2 saturated heterocycles. The number of methoxy groups -OCH3 is 1. The molecule has 10 atom stereocenters. The molecule has 67 heavy (non-hydrogen) atoms. The van der Waals surface area contributed by atoms with Gasteiger partial charge in [-0.05, 0) is 53.0 Å². The number of ether oxygens (including phenoxy) is 11. The average molecular weight is 915 g/mol. The third-order valence-electron chi connectivity index (χ3n) is 11.7. The Morgan fingerprint density at radius 3 is 1.61 bits per heavy atom. The van der Waals surface area contributed by atoms with Crippen LogP contribution in [-0.2, 0) is 83.3 Å². The van der Waals surface area contributed by atoms with E-state index in [1.165, 1.54) is 6.08 Å². The van der Waals surface area contributed by atoms with E-state index in [9.17, 15) is 9.59 Å². The summed E-state index contributed by atoms with van der Waals surface area (Å²) in [6.07, 6.45) is -3.15. The van der Waals surface area contributed by atoms with Crippen LogP contribution in [0.1, 0.15) is 45.5 Å². The van der Waals surface area contributed by atoms with Gasteiger partial charge in [-0.1, -0.05) is 140 Å². The van der Waals surface area contributed by atoms with Crippen LogP contribution in [0.5, 0.6) is 0 Å². The van der Waals surface area contributed by atoms with Crippen molar-refractivity contribution in [3.8, 4) is 0 Å². The van der Waals surface area contributed by atoms with Gasteiger partial charge in [0.05, 0.1) is 51.3 Å². The second-order valence-corrected chi connectivity index (χ2v) is 16.5. The molecule has 0 spiro atoms. The lowest BCUT2D eigenvalue weighted by atomic mass is 9.97. The van der Waals surface area contributed by atoms with Crippen LogP contribution in [0.4, 0.5) is 0 Å². The lowest BCUT2D eigenvalue weighted by Crippen LogP contribution is -2.61. The van der Waals surface area contributed by atoms with Crippen LogP contribution in [0, 0.1) is 0 Å². The lowest BCUT2D eigenvalue weighted by molar-refractivity contribution is -0.327. The van der Waals surface area contributed by atoms with Gasteiger partial charge in [0, 0.05) is 13.5 Å². The van der Waals surface area contributed by atoms with E-state index in [4.69, 9.17) is 52.1 Å². The quantitative estimate of drug-likeness (QED) is 0.0623. The second kappa shape index (κ2) is 25.1. The molecule has 0 unspecified atom stereocenters. The number of esters is 1. The third kappa shape index (κ3) is 14.1. The maximum Gasteiger partial charge on any atom is 0.338 e. The fraction of sp³-hybridized carbons (Fsp3) is 0.370. The van der Waals surface area contributed by atoms with Crippen molar-refractivity contribution in [2.45, 2.75) is 101 Å². The minimum atomic E-state index is -0.984. The van der Waals surface area contributed by atoms with E-state index in [2.05, 4.69) is 0 Å². The summed E-state index contributed by atoms with van der Waals surface area (Å²) in [6, 6.07) is 48.2. The van der Waals surface area contributed by atoms with Crippen LogP contribution in [-0.4, -0.2) is 100 Å². The molecule has 0 radical (unpaired) electrons. The van der Waals surface area contributed by atoms with Gasteiger partial charge in [0.15, 0.2) is 24.7 Å². The largest absolute Gasteiger partial charge is 0.459 e. The summed E-state index contributed by atoms with van der Waals surface area (Å²) in [6.45, 7) is 1.05. The molecule has 0 aliphatic carbocycles.